The van der Waals surface area contributed by atoms with E-state index in [4.69, 9.17) is 11.5 Å². The summed E-state index contributed by atoms with van der Waals surface area (Å²) in [6.07, 6.45) is 1.48. The van der Waals surface area contributed by atoms with Gasteiger partial charge in [0.15, 0.2) is 0 Å². The van der Waals surface area contributed by atoms with Crippen molar-refractivity contribution in [2.24, 2.45) is 5.73 Å². The van der Waals surface area contributed by atoms with Crippen LogP contribution in [0.25, 0.3) is 0 Å². The van der Waals surface area contributed by atoms with E-state index in [2.05, 4.69) is 10.3 Å². The van der Waals surface area contributed by atoms with Crippen LogP contribution < -0.4 is 16.8 Å². The van der Waals surface area contributed by atoms with Gasteiger partial charge in [0.05, 0.1) is 17.4 Å². The van der Waals surface area contributed by atoms with E-state index in [1.807, 2.05) is 13.8 Å². The zero-order valence-electron chi connectivity index (χ0n) is 8.24. The molecule has 76 valence electrons. The fourth-order valence-electron chi connectivity index (χ4n) is 1.06. The molecule has 1 rings (SSSR count). The van der Waals surface area contributed by atoms with Crippen molar-refractivity contribution >= 4 is 17.4 Å². The minimum Gasteiger partial charge on any atom is -0.397 e. The Hall–Kier alpha value is -1.78. The quantitative estimate of drug-likeness (QED) is 0.656. The summed E-state index contributed by atoms with van der Waals surface area (Å²) in [4.78, 5) is 15.0. The molecule has 0 saturated carbocycles. The highest BCUT2D eigenvalue weighted by molar-refractivity contribution is 5.98. The number of aromatic nitrogens is 1. The van der Waals surface area contributed by atoms with Crippen LogP contribution in [0.3, 0.4) is 0 Å². The number of anilines is 2. The van der Waals surface area contributed by atoms with Gasteiger partial charge in [0.25, 0.3) is 5.91 Å². The molecule has 0 aromatic carbocycles. The van der Waals surface area contributed by atoms with Gasteiger partial charge in [-0.1, -0.05) is 0 Å². The second kappa shape index (κ2) is 3.95. The van der Waals surface area contributed by atoms with Crippen molar-refractivity contribution in [1.29, 1.82) is 0 Å². The zero-order chi connectivity index (χ0) is 10.7. The third-order valence-electron chi connectivity index (χ3n) is 1.60. The maximum absolute atomic E-state index is 11.0. The zero-order valence-corrected chi connectivity index (χ0v) is 8.24. The van der Waals surface area contributed by atoms with Crippen molar-refractivity contribution in [2.45, 2.75) is 19.9 Å². The normalized spacial score (nSPS) is 10.2. The lowest BCUT2D eigenvalue weighted by atomic mass is 10.2. The van der Waals surface area contributed by atoms with E-state index in [9.17, 15) is 4.79 Å². The fraction of sp³-hybridized carbons (Fsp3) is 0.333. The molecule has 5 heteroatoms. The van der Waals surface area contributed by atoms with Crippen LogP contribution in [0.4, 0.5) is 11.5 Å². The molecule has 1 amide bonds. The molecule has 0 atom stereocenters. The van der Waals surface area contributed by atoms with Crippen LogP contribution >= 0.6 is 0 Å². The lowest BCUT2D eigenvalue weighted by molar-refractivity contribution is 0.100. The third kappa shape index (κ3) is 2.35. The first-order valence-electron chi connectivity index (χ1n) is 4.32. The molecule has 0 aliphatic heterocycles. The molecule has 0 bridgehead atoms. The predicted molar refractivity (Wildman–Crippen MR) is 55.9 cm³/mol. The number of nitrogens with two attached hydrogens (primary N) is 2. The summed E-state index contributed by atoms with van der Waals surface area (Å²) in [7, 11) is 0. The molecule has 0 radical (unpaired) electrons. The Morgan fingerprint density at radius 3 is 2.71 bits per heavy atom. The standard InChI is InChI=1S/C9H14N4O/c1-5(2)13-9-7(8(11)14)3-6(10)4-12-9/h3-5H,10H2,1-2H3,(H2,11,14)(H,12,13). The minimum atomic E-state index is -0.534. The van der Waals surface area contributed by atoms with E-state index in [1.165, 1.54) is 12.3 Å². The van der Waals surface area contributed by atoms with E-state index in [1.54, 1.807) is 0 Å². The molecule has 0 unspecified atom stereocenters. The van der Waals surface area contributed by atoms with E-state index < -0.39 is 5.91 Å². The van der Waals surface area contributed by atoms with Crippen molar-refractivity contribution in [2.75, 3.05) is 11.1 Å². The van der Waals surface area contributed by atoms with Crippen LogP contribution in [-0.4, -0.2) is 16.9 Å². The molecule has 14 heavy (non-hydrogen) atoms. The number of pyridine rings is 1. The summed E-state index contributed by atoms with van der Waals surface area (Å²) >= 11 is 0. The number of carbonyl (C=O) groups excluding carboxylic acids is 1. The van der Waals surface area contributed by atoms with Gasteiger partial charge >= 0.3 is 0 Å². The molecule has 5 nitrogen and oxygen atoms in total. The highest BCUT2D eigenvalue weighted by atomic mass is 16.1. The Morgan fingerprint density at radius 2 is 2.21 bits per heavy atom. The summed E-state index contributed by atoms with van der Waals surface area (Å²) in [6, 6.07) is 1.70. The summed E-state index contributed by atoms with van der Waals surface area (Å²) in [5.74, 6) is -0.0605. The number of primary amides is 1. The van der Waals surface area contributed by atoms with Crippen molar-refractivity contribution in [3.05, 3.63) is 17.8 Å². The molecule has 0 fully saturated rings. The summed E-state index contributed by atoms with van der Waals surface area (Å²) in [5.41, 5.74) is 11.4. The van der Waals surface area contributed by atoms with Crippen LogP contribution in [0.1, 0.15) is 24.2 Å². The van der Waals surface area contributed by atoms with Crippen LogP contribution in [0.2, 0.25) is 0 Å². The van der Waals surface area contributed by atoms with Gasteiger partial charge in [-0.05, 0) is 19.9 Å². The smallest absolute Gasteiger partial charge is 0.252 e. The Bertz CT molecular complexity index is 349. The molecular formula is C9H14N4O. The second-order valence-corrected chi connectivity index (χ2v) is 3.33. The minimum absolute atomic E-state index is 0.184. The first kappa shape index (κ1) is 10.3. The van der Waals surface area contributed by atoms with Crippen molar-refractivity contribution < 1.29 is 4.79 Å². The molecule has 0 saturated heterocycles. The van der Waals surface area contributed by atoms with Crippen LogP contribution in [-0.2, 0) is 0 Å². The van der Waals surface area contributed by atoms with E-state index in [-0.39, 0.29) is 6.04 Å². The van der Waals surface area contributed by atoms with Gasteiger partial charge in [0, 0.05) is 6.04 Å². The lowest BCUT2D eigenvalue weighted by Crippen LogP contribution is -2.19. The number of nitrogens with zero attached hydrogens (tertiary/aromatic N) is 1. The topological polar surface area (TPSA) is 94.0 Å². The summed E-state index contributed by atoms with van der Waals surface area (Å²) in [6.45, 7) is 3.89. The van der Waals surface area contributed by atoms with Crippen molar-refractivity contribution in [1.82, 2.24) is 4.98 Å². The van der Waals surface area contributed by atoms with Gasteiger partial charge in [-0.2, -0.15) is 0 Å². The molecule has 0 aliphatic rings. The van der Waals surface area contributed by atoms with E-state index >= 15 is 0 Å². The number of hydrogen-bond acceptors (Lipinski definition) is 4. The maximum atomic E-state index is 11.0. The first-order valence-corrected chi connectivity index (χ1v) is 4.32. The van der Waals surface area contributed by atoms with Crippen molar-refractivity contribution in [3.63, 3.8) is 0 Å². The Morgan fingerprint density at radius 1 is 1.57 bits per heavy atom. The van der Waals surface area contributed by atoms with Gasteiger partial charge in [0.2, 0.25) is 0 Å². The second-order valence-electron chi connectivity index (χ2n) is 3.33. The average molecular weight is 194 g/mol. The maximum Gasteiger partial charge on any atom is 0.252 e. The molecule has 1 aromatic rings. The Balaban J connectivity index is 3.08. The Labute approximate surface area is 82.5 Å². The van der Waals surface area contributed by atoms with Gasteiger partial charge in [0.1, 0.15) is 5.82 Å². The highest BCUT2D eigenvalue weighted by Crippen LogP contribution is 2.15. The summed E-state index contributed by atoms with van der Waals surface area (Å²) < 4.78 is 0. The average Bonchev–Trinajstić information content (AvgIpc) is 2.07. The van der Waals surface area contributed by atoms with Gasteiger partial charge < -0.3 is 16.8 Å². The van der Waals surface area contributed by atoms with Crippen LogP contribution in [0.15, 0.2) is 12.3 Å². The number of nitrogen functional groups attached to an aromatic ring is 1. The van der Waals surface area contributed by atoms with Crippen LogP contribution in [0.5, 0.6) is 0 Å². The van der Waals surface area contributed by atoms with Gasteiger partial charge in [-0.3, -0.25) is 4.79 Å². The third-order valence-corrected chi connectivity index (χ3v) is 1.60. The van der Waals surface area contributed by atoms with E-state index in [0.29, 0.717) is 17.1 Å². The van der Waals surface area contributed by atoms with Gasteiger partial charge in [-0.25, -0.2) is 4.98 Å². The molecule has 1 aromatic heterocycles. The number of nitrogens with one attached hydrogen (secondary N) is 1. The monoisotopic (exact) mass is 194 g/mol. The predicted octanol–water partition coefficient (Wildman–Crippen LogP) is 0.583. The lowest BCUT2D eigenvalue weighted by Gasteiger charge is -2.11. The Kier molecular flexibility index (Phi) is 2.91. The largest absolute Gasteiger partial charge is 0.397 e. The number of hydrogen-bond donors (Lipinski definition) is 3. The number of rotatable bonds is 3. The van der Waals surface area contributed by atoms with Crippen LogP contribution in [0, 0.1) is 0 Å². The molecule has 5 N–H and O–H groups in total. The molecule has 0 spiro atoms. The SMILES string of the molecule is CC(C)Nc1ncc(N)cc1C(N)=O. The molecular weight excluding hydrogens is 180 g/mol. The van der Waals surface area contributed by atoms with Crippen molar-refractivity contribution in [3.8, 4) is 0 Å². The number of carbonyl (C=O) groups is 1. The van der Waals surface area contributed by atoms with Gasteiger partial charge in [-0.15, -0.1) is 0 Å². The highest BCUT2D eigenvalue weighted by Gasteiger charge is 2.10. The molecule has 1 heterocycles. The summed E-state index contributed by atoms with van der Waals surface area (Å²) in [5, 5.41) is 3.01. The fourth-order valence-corrected chi connectivity index (χ4v) is 1.06. The molecule has 0 aliphatic carbocycles. The van der Waals surface area contributed by atoms with E-state index in [0.717, 1.165) is 0 Å². The first-order chi connectivity index (χ1) is 6.50. The number of amides is 1.